The second-order valence-corrected chi connectivity index (χ2v) is 4.05. The van der Waals surface area contributed by atoms with E-state index in [1.54, 1.807) is 0 Å². The minimum atomic E-state index is -3.75. The molecule has 0 aromatic rings. The third kappa shape index (κ3) is 11.5. The van der Waals surface area contributed by atoms with E-state index in [1.807, 2.05) is 0 Å². The Morgan fingerprint density at radius 3 is 1.86 bits per heavy atom. The van der Waals surface area contributed by atoms with Crippen LogP contribution in [-0.4, -0.2) is 19.2 Å². The zero-order valence-electron chi connectivity index (χ0n) is 5.08. The van der Waals surface area contributed by atoms with Crippen LogP contribution in [0, 0.1) is 0 Å². The maximum atomic E-state index is 9.52. The Bertz CT molecular complexity index is 119. The van der Waals surface area contributed by atoms with Crippen LogP contribution in [0.15, 0.2) is 0 Å². The summed E-state index contributed by atoms with van der Waals surface area (Å²) in [5.41, 5.74) is 0. The molecule has 0 aromatic heterocycles. The molecule has 0 fully saturated rings. The van der Waals surface area contributed by atoms with Gasteiger partial charge in [-0.25, -0.2) is 0 Å². The summed E-state index contributed by atoms with van der Waals surface area (Å²) in [6.07, 6.45) is 1.29. The van der Waals surface area contributed by atoms with E-state index >= 15 is 0 Å². The molecule has 40 valence electrons. The molecule has 0 amide bonds. The number of hydrogen-bond donors (Lipinski definition) is 1. The Hall–Kier alpha value is 1.90. The summed E-state index contributed by atoms with van der Waals surface area (Å²) >= 11 is 0. The van der Waals surface area contributed by atoms with Crippen molar-refractivity contribution >= 4 is 19.9 Å². The van der Waals surface area contributed by atoms with Crippen molar-refractivity contribution in [2.45, 2.75) is 0 Å². The van der Waals surface area contributed by atoms with E-state index in [0.717, 1.165) is 0 Å². The Balaban J connectivity index is -0.000000125. The predicted molar refractivity (Wildman–Crippen MR) is 26.2 cm³/mol. The van der Waals surface area contributed by atoms with Gasteiger partial charge in [0.2, 0.25) is 0 Å². The van der Waals surface area contributed by atoms with Crippen LogP contribution in [0.25, 0.3) is 0 Å². The van der Waals surface area contributed by atoms with Gasteiger partial charge in [-0.15, -0.1) is 0 Å². The fourth-order valence-corrected chi connectivity index (χ4v) is 0. The maximum absolute atomic E-state index is 9.52. The van der Waals surface area contributed by atoms with E-state index in [-0.39, 0.29) is 52.8 Å². The minimum Gasteiger partial charge on any atom is -1.00 e. The number of rotatable bonds is 1. The SMILES string of the molecule is CSS(=O)(=O)O.[H-].[K+]. The van der Waals surface area contributed by atoms with Crippen molar-refractivity contribution in [2.24, 2.45) is 0 Å². The first kappa shape index (κ1) is 11.7. The number of hydrogen-bond acceptors (Lipinski definition) is 3. The standard InChI is InChI=1S/CH4O3S2.K.H/c1-5-6(2,3)4;;/h1H3,(H,2,3,4);;/q;+1;-1. The largest absolute Gasteiger partial charge is 1.00 e. The van der Waals surface area contributed by atoms with Gasteiger partial charge in [0.25, 0.3) is 0 Å². The first-order valence-electron chi connectivity index (χ1n) is 1.09. The maximum Gasteiger partial charge on any atom is 1.00 e. The molecule has 0 radical (unpaired) electrons. The molecule has 0 saturated heterocycles. The van der Waals surface area contributed by atoms with E-state index in [9.17, 15) is 8.42 Å². The summed E-state index contributed by atoms with van der Waals surface area (Å²) < 4.78 is 26.8. The molecule has 0 unspecified atom stereocenters. The average molecular weight is 168 g/mol. The first-order chi connectivity index (χ1) is 2.56. The topological polar surface area (TPSA) is 54.4 Å². The van der Waals surface area contributed by atoms with Crippen LogP contribution in [0.3, 0.4) is 0 Å². The van der Waals surface area contributed by atoms with E-state index in [1.165, 1.54) is 6.26 Å². The van der Waals surface area contributed by atoms with Crippen LogP contribution < -0.4 is 51.4 Å². The van der Waals surface area contributed by atoms with Gasteiger partial charge >= 0.3 is 60.5 Å². The second-order valence-electron chi connectivity index (χ2n) is 0.594. The molecule has 3 nitrogen and oxygen atoms in total. The Morgan fingerprint density at radius 1 is 1.71 bits per heavy atom. The van der Waals surface area contributed by atoms with Gasteiger partial charge in [-0.2, -0.15) is 8.42 Å². The molecule has 6 heteroatoms. The predicted octanol–water partition coefficient (Wildman–Crippen LogP) is -2.73. The average Bonchev–Trinajstić information content (AvgIpc) is 1.35. The summed E-state index contributed by atoms with van der Waals surface area (Å²) in [5, 5.41) is 0. The van der Waals surface area contributed by atoms with Crippen molar-refractivity contribution in [2.75, 3.05) is 6.26 Å². The molecule has 0 aromatic carbocycles. The molecule has 7 heavy (non-hydrogen) atoms. The molecule has 0 heterocycles. The molecule has 0 aliphatic rings. The summed E-state index contributed by atoms with van der Waals surface area (Å²) in [5.74, 6) is 0. The summed E-state index contributed by atoms with van der Waals surface area (Å²) in [7, 11) is -3.34. The molecular formula is CH5KO3S2. The van der Waals surface area contributed by atoms with Crippen LogP contribution in [0.1, 0.15) is 1.43 Å². The smallest absolute Gasteiger partial charge is 1.00 e. The van der Waals surface area contributed by atoms with E-state index in [2.05, 4.69) is 0 Å². The summed E-state index contributed by atoms with van der Waals surface area (Å²) in [6.45, 7) is 0. The van der Waals surface area contributed by atoms with Gasteiger partial charge < -0.3 is 1.43 Å². The fraction of sp³-hybridized carbons (Fsp3) is 1.00. The molecule has 0 bridgehead atoms. The fourth-order valence-electron chi connectivity index (χ4n) is 0. The molecule has 0 rings (SSSR count). The van der Waals surface area contributed by atoms with Crippen molar-refractivity contribution in [3.8, 4) is 0 Å². The van der Waals surface area contributed by atoms with Gasteiger partial charge in [0.15, 0.2) is 0 Å². The molecule has 0 aliphatic carbocycles. The van der Waals surface area contributed by atoms with Gasteiger partial charge in [0.1, 0.15) is 0 Å². The Labute approximate surface area is 90.3 Å². The summed E-state index contributed by atoms with van der Waals surface area (Å²) in [6, 6.07) is 0. The Morgan fingerprint density at radius 2 is 1.86 bits per heavy atom. The zero-order chi connectivity index (χ0) is 5.21. The van der Waals surface area contributed by atoms with Gasteiger partial charge in [-0.3, -0.25) is 4.55 Å². The molecule has 0 atom stereocenters. The molecular weight excluding hydrogens is 163 g/mol. The normalized spacial score (nSPS) is 10.0. The summed E-state index contributed by atoms with van der Waals surface area (Å²) in [4.78, 5) is 0. The van der Waals surface area contributed by atoms with E-state index in [4.69, 9.17) is 4.55 Å². The van der Waals surface area contributed by atoms with Crippen molar-refractivity contribution in [3.63, 3.8) is 0 Å². The van der Waals surface area contributed by atoms with Gasteiger partial charge in [0.05, 0.1) is 0 Å². The minimum absolute atomic E-state index is 0. The van der Waals surface area contributed by atoms with Gasteiger partial charge in [0, 0.05) is 0 Å². The van der Waals surface area contributed by atoms with Crippen LogP contribution in [0.5, 0.6) is 0 Å². The molecule has 0 saturated carbocycles. The van der Waals surface area contributed by atoms with Gasteiger partial charge in [-0.1, -0.05) is 0 Å². The van der Waals surface area contributed by atoms with Crippen LogP contribution in [0.4, 0.5) is 0 Å². The first-order valence-corrected chi connectivity index (χ1v) is 4.27. The molecule has 1 N–H and O–H groups in total. The van der Waals surface area contributed by atoms with Crippen molar-refractivity contribution in [3.05, 3.63) is 0 Å². The Kier molecular flexibility index (Phi) is 7.91. The van der Waals surface area contributed by atoms with Gasteiger partial charge in [-0.05, 0) is 17.0 Å². The van der Waals surface area contributed by atoms with Crippen molar-refractivity contribution < 1.29 is 65.8 Å². The van der Waals surface area contributed by atoms with E-state index in [0.29, 0.717) is 10.8 Å². The molecule has 0 aliphatic heterocycles. The third-order valence-electron chi connectivity index (χ3n) is 0.211. The third-order valence-corrected chi connectivity index (χ3v) is 1.90. The van der Waals surface area contributed by atoms with E-state index < -0.39 is 9.15 Å². The van der Waals surface area contributed by atoms with Crippen molar-refractivity contribution in [1.82, 2.24) is 0 Å². The monoisotopic (exact) mass is 168 g/mol. The molecule has 0 spiro atoms. The van der Waals surface area contributed by atoms with Crippen LogP contribution >= 0.6 is 10.8 Å². The quantitative estimate of drug-likeness (QED) is 0.262. The second kappa shape index (κ2) is 4.75. The van der Waals surface area contributed by atoms with Crippen LogP contribution in [-0.2, 0) is 9.15 Å². The van der Waals surface area contributed by atoms with Crippen LogP contribution in [0.2, 0.25) is 0 Å². The van der Waals surface area contributed by atoms with Crippen molar-refractivity contribution in [1.29, 1.82) is 0 Å². The zero-order valence-corrected chi connectivity index (χ0v) is 8.84.